The van der Waals surface area contributed by atoms with Crippen LogP contribution in [0.25, 0.3) is 0 Å². The van der Waals surface area contributed by atoms with Crippen molar-refractivity contribution in [1.29, 1.82) is 1.43 Å². The minimum atomic E-state index is -0.370. The molecule has 5 nitrogen and oxygen atoms in total. The van der Waals surface area contributed by atoms with Crippen LogP contribution in [0.5, 0.6) is 0 Å². The monoisotopic (exact) mass is 295 g/mol. The number of terminal acetylenes is 2. The van der Waals surface area contributed by atoms with Gasteiger partial charge in [-0.15, -0.1) is 24.7 Å². The predicted octanol–water partition coefficient (Wildman–Crippen LogP) is 1.29. The first-order valence-electron chi connectivity index (χ1n) is 7.31. The fourth-order valence-corrected chi connectivity index (χ4v) is 1.38. The van der Waals surface area contributed by atoms with Crippen molar-refractivity contribution in [3.63, 3.8) is 0 Å². The number of esters is 2. The van der Waals surface area contributed by atoms with E-state index in [2.05, 4.69) is 16.9 Å². The highest BCUT2D eigenvalue weighted by atomic mass is 16.5. The summed E-state index contributed by atoms with van der Waals surface area (Å²) in [6.45, 7) is 0.0755. The van der Waals surface area contributed by atoms with E-state index >= 15 is 0 Å². The van der Waals surface area contributed by atoms with Crippen LogP contribution in [0.2, 0.25) is 0 Å². The lowest BCUT2D eigenvalue weighted by atomic mass is 10.2. The maximum atomic E-state index is 11.4. The van der Waals surface area contributed by atoms with Gasteiger partial charge in [0.05, 0.1) is 25.7 Å². The number of rotatable bonds is 12. The fraction of sp³-hybridized carbons (Fsp3) is 0.625. The van der Waals surface area contributed by atoms with Crippen molar-refractivity contribution in [3.05, 3.63) is 0 Å². The largest absolute Gasteiger partial charge is 0.465 e. The first-order valence-corrected chi connectivity index (χ1v) is 6.90. The highest BCUT2D eigenvalue weighted by molar-refractivity contribution is 5.69. The molecule has 0 bridgehead atoms. The summed E-state index contributed by atoms with van der Waals surface area (Å²) in [5, 5.41) is 4.28. The topological polar surface area (TPSA) is 72.8 Å². The number of aliphatic hydroxyl groups is 1. The van der Waals surface area contributed by atoms with Gasteiger partial charge in [0.25, 0.3) is 0 Å². The number of ether oxygens (including phenoxy) is 2. The first-order chi connectivity index (χ1) is 10.6. The Labute approximate surface area is 127 Å². The Hall–Kier alpha value is -1.98. The summed E-state index contributed by atoms with van der Waals surface area (Å²) < 4.78 is 16.8. The molecule has 21 heavy (non-hydrogen) atoms. The Kier molecular flexibility index (Phi) is 10.6. The third-order valence-corrected chi connectivity index (χ3v) is 2.60. The lowest BCUT2D eigenvalue weighted by Crippen LogP contribution is -2.23. The molecule has 5 heteroatoms. The molecule has 1 N–H and O–H groups in total. The zero-order chi connectivity index (χ0) is 16.6. The summed E-state index contributed by atoms with van der Waals surface area (Å²) in [5.74, 6) is 3.77. The second kappa shape index (κ2) is 13.0. The van der Waals surface area contributed by atoms with Crippen LogP contribution in [-0.2, 0) is 19.1 Å². The van der Waals surface area contributed by atoms with Crippen LogP contribution in [-0.4, -0.2) is 38.3 Å². The van der Waals surface area contributed by atoms with Gasteiger partial charge in [0.1, 0.15) is 0 Å². The van der Waals surface area contributed by atoms with Crippen molar-refractivity contribution in [3.8, 4) is 24.7 Å². The molecule has 0 aromatic heterocycles. The van der Waals surface area contributed by atoms with E-state index in [1.54, 1.807) is 0 Å². The van der Waals surface area contributed by atoms with Gasteiger partial charge in [0.2, 0.25) is 1.43 Å². The van der Waals surface area contributed by atoms with Crippen LogP contribution in [0.4, 0.5) is 0 Å². The predicted molar refractivity (Wildman–Crippen MR) is 77.9 cm³/mol. The molecule has 0 aliphatic carbocycles. The summed E-state index contributed by atoms with van der Waals surface area (Å²) in [7, 11) is 0. The Bertz CT molecular complexity index is 372. The van der Waals surface area contributed by atoms with Gasteiger partial charge in [-0.1, -0.05) is 0 Å². The molecule has 0 aromatic rings. The average molecular weight is 295 g/mol. The lowest BCUT2D eigenvalue weighted by Gasteiger charge is -2.14. The number of hydrogen-bond acceptors (Lipinski definition) is 5. The summed E-state index contributed by atoms with van der Waals surface area (Å²) in [6.07, 6.45) is 12.8. The van der Waals surface area contributed by atoms with Crippen molar-refractivity contribution in [2.75, 3.05) is 19.8 Å². The summed E-state index contributed by atoms with van der Waals surface area (Å²) in [4.78, 5) is 22.9. The van der Waals surface area contributed by atoms with Gasteiger partial charge >= 0.3 is 11.9 Å². The molecule has 0 fully saturated rings. The number of unbranched alkanes of at least 4 members (excludes halogenated alkanes) is 2. The smallest absolute Gasteiger partial charge is 0.305 e. The van der Waals surface area contributed by atoms with Crippen LogP contribution in [0.3, 0.4) is 0 Å². The second-order valence-electron chi connectivity index (χ2n) is 4.51. The van der Waals surface area contributed by atoms with E-state index in [1.165, 1.54) is 0 Å². The molecular weight excluding hydrogens is 272 g/mol. The third kappa shape index (κ3) is 11.5. The number of aliphatic hydroxyl groups excluding tert-OH is 1. The van der Waals surface area contributed by atoms with E-state index < -0.39 is 0 Å². The Morgan fingerprint density at radius 3 is 1.90 bits per heavy atom. The number of hydrogen-bond donors (Lipinski definition) is 1. The summed E-state index contributed by atoms with van der Waals surface area (Å²) in [6, 6.07) is 0. The van der Waals surface area contributed by atoms with Crippen molar-refractivity contribution >= 4 is 11.9 Å². The van der Waals surface area contributed by atoms with Crippen molar-refractivity contribution < 1.29 is 24.2 Å². The molecule has 116 valence electrons. The van der Waals surface area contributed by atoms with Gasteiger partial charge < -0.3 is 14.6 Å². The summed E-state index contributed by atoms with van der Waals surface area (Å²) in [5.41, 5.74) is 0. The molecule has 0 aliphatic heterocycles. The van der Waals surface area contributed by atoms with E-state index in [4.69, 9.17) is 23.8 Å². The van der Waals surface area contributed by atoms with Gasteiger partial charge in [-0.05, 0) is 12.8 Å². The van der Waals surface area contributed by atoms with Crippen molar-refractivity contribution in [2.24, 2.45) is 5.92 Å². The maximum absolute atomic E-state index is 11.4. The standard InChI is InChI=1S/C16H22O5/c1-3-5-7-9-15(18)20-12-14(11-17)13-21-16(19)10-8-6-4-2/h1-2,14,17H,5-13H2/i17D. The van der Waals surface area contributed by atoms with Gasteiger partial charge in [-0.25, -0.2) is 0 Å². The van der Waals surface area contributed by atoms with Crippen molar-refractivity contribution in [2.45, 2.75) is 38.5 Å². The van der Waals surface area contributed by atoms with Crippen LogP contribution in [0.15, 0.2) is 0 Å². The highest BCUT2D eigenvalue weighted by Gasteiger charge is 2.14. The molecule has 0 aromatic carbocycles. The minimum Gasteiger partial charge on any atom is -0.465 e. The van der Waals surface area contributed by atoms with Crippen molar-refractivity contribution in [1.82, 2.24) is 0 Å². The highest BCUT2D eigenvalue weighted by Crippen LogP contribution is 2.04. The van der Waals surface area contributed by atoms with Gasteiger partial charge in [0, 0.05) is 25.7 Å². The van der Waals surface area contributed by atoms with E-state index in [9.17, 15) is 9.59 Å². The molecule has 0 spiro atoms. The maximum Gasteiger partial charge on any atom is 0.305 e. The molecule has 0 radical (unpaired) electrons. The normalized spacial score (nSPS) is 10.3. The molecule has 0 amide bonds. The lowest BCUT2D eigenvalue weighted by molar-refractivity contribution is -0.149. The van der Waals surface area contributed by atoms with E-state index in [0.717, 1.165) is 0 Å². The number of carbonyl (C=O) groups excluding carboxylic acids is 2. The minimum absolute atomic E-state index is 0.00920. The van der Waals surface area contributed by atoms with E-state index in [1.807, 2.05) is 0 Å². The van der Waals surface area contributed by atoms with E-state index in [0.29, 0.717) is 25.7 Å². The number of carbonyl (C=O) groups is 2. The molecule has 0 heterocycles. The summed E-state index contributed by atoms with van der Waals surface area (Å²) >= 11 is 0. The molecule has 0 rings (SSSR count). The van der Waals surface area contributed by atoms with Crippen LogP contribution in [0, 0.1) is 30.6 Å². The Balaban J connectivity index is 3.95. The molecule has 0 unspecified atom stereocenters. The average Bonchev–Trinajstić information content (AvgIpc) is 2.50. The zero-order valence-corrected chi connectivity index (χ0v) is 12.1. The van der Waals surface area contributed by atoms with Crippen LogP contribution >= 0.6 is 0 Å². The third-order valence-electron chi connectivity index (χ3n) is 2.60. The molecule has 0 saturated carbocycles. The van der Waals surface area contributed by atoms with Gasteiger partial charge in [-0.2, -0.15) is 0 Å². The quantitative estimate of drug-likeness (QED) is 0.334. The fourth-order valence-electron chi connectivity index (χ4n) is 1.38. The van der Waals surface area contributed by atoms with Crippen LogP contribution in [0.1, 0.15) is 38.5 Å². The SMILES string of the molecule is [2H]OCC(COC(=O)CCCC#C)COC(=O)CCCC#C. The first kappa shape index (κ1) is 17.1. The molecule has 0 atom stereocenters. The molecular formula is C16H22O5. The Morgan fingerprint density at radius 1 is 1.05 bits per heavy atom. The Morgan fingerprint density at radius 2 is 1.52 bits per heavy atom. The van der Waals surface area contributed by atoms with Gasteiger partial charge in [-0.3, -0.25) is 9.59 Å². The van der Waals surface area contributed by atoms with Gasteiger partial charge in [0.15, 0.2) is 0 Å². The zero-order valence-electron chi connectivity index (χ0n) is 13.1. The second-order valence-corrected chi connectivity index (χ2v) is 4.51. The van der Waals surface area contributed by atoms with E-state index in [-0.39, 0.29) is 50.5 Å². The van der Waals surface area contributed by atoms with Crippen LogP contribution < -0.4 is 0 Å². The molecule has 0 aliphatic rings. The molecule has 0 saturated heterocycles.